The van der Waals surface area contributed by atoms with Crippen molar-refractivity contribution in [3.8, 4) is 16.9 Å². The zero-order valence-electron chi connectivity index (χ0n) is 18.1. The van der Waals surface area contributed by atoms with E-state index in [1.54, 1.807) is 7.11 Å². The monoisotopic (exact) mass is 440 g/mol. The molecule has 0 aliphatic carbocycles. The van der Waals surface area contributed by atoms with Crippen LogP contribution in [0.25, 0.3) is 21.3 Å². The summed E-state index contributed by atoms with van der Waals surface area (Å²) in [6, 6.07) is 7.91. The molecule has 2 atom stereocenters. The molecule has 8 heteroatoms. The molecule has 2 N–H and O–H groups in total. The summed E-state index contributed by atoms with van der Waals surface area (Å²) in [5.74, 6) is 1.26. The van der Waals surface area contributed by atoms with E-state index >= 15 is 0 Å². The fraction of sp³-hybridized carbons (Fsp3) is 0.435. The van der Waals surface area contributed by atoms with Gasteiger partial charge in [-0.1, -0.05) is 19.1 Å². The SMILES string of the molecule is CCC(C)NC(=O)C1CCCN(c2nc3c(-c4cccc(OC)c4)csc3c(=O)[nH]2)C1. The summed E-state index contributed by atoms with van der Waals surface area (Å²) in [5.41, 5.74) is 2.40. The summed E-state index contributed by atoms with van der Waals surface area (Å²) in [4.78, 5) is 35.2. The Morgan fingerprint density at radius 3 is 3.06 bits per heavy atom. The number of nitrogens with one attached hydrogen (secondary N) is 2. The molecule has 7 nitrogen and oxygen atoms in total. The minimum Gasteiger partial charge on any atom is -0.497 e. The van der Waals surface area contributed by atoms with Gasteiger partial charge in [0.1, 0.15) is 10.4 Å². The lowest BCUT2D eigenvalue weighted by atomic mass is 9.97. The fourth-order valence-corrected chi connectivity index (χ4v) is 4.82. The molecule has 2 aromatic heterocycles. The normalized spacial score (nSPS) is 17.5. The number of thiophene rings is 1. The molecule has 3 heterocycles. The standard InChI is InChI=1S/C23H28N4O3S/c1-4-14(2)24-21(28)16-8-6-10-27(12-16)23-25-19-18(13-31-20(19)22(29)26-23)15-7-5-9-17(11-15)30-3/h5,7,9,11,13-14,16H,4,6,8,10,12H2,1-3H3,(H,24,28)(H,25,26,29). The Morgan fingerprint density at radius 1 is 1.45 bits per heavy atom. The third kappa shape index (κ3) is 4.44. The van der Waals surface area contributed by atoms with Crippen LogP contribution in [0.2, 0.25) is 0 Å². The van der Waals surface area contributed by atoms with Crippen molar-refractivity contribution in [2.45, 2.75) is 39.2 Å². The topological polar surface area (TPSA) is 87.3 Å². The quantitative estimate of drug-likeness (QED) is 0.609. The summed E-state index contributed by atoms with van der Waals surface area (Å²) in [6.07, 6.45) is 2.63. The number of amides is 1. The van der Waals surface area contributed by atoms with E-state index in [2.05, 4.69) is 17.2 Å². The number of methoxy groups -OCH3 is 1. The number of nitrogens with zero attached hydrogens (tertiary/aromatic N) is 2. The van der Waals surface area contributed by atoms with E-state index in [0.29, 0.717) is 22.7 Å². The van der Waals surface area contributed by atoms with Crippen LogP contribution in [0.3, 0.4) is 0 Å². The van der Waals surface area contributed by atoms with Crippen LogP contribution in [0.1, 0.15) is 33.1 Å². The van der Waals surface area contributed by atoms with Crippen LogP contribution >= 0.6 is 11.3 Å². The van der Waals surface area contributed by atoms with Crippen LogP contribution in [0.5, 0.6) is 5.75 Å². The van der Waals surface area contributed by atoms with Gasteiger partial charge in [0.25, 0.3) is 5.56 Å². The molecule has 1 saturated heterocycles. The van der Waals surface area contributed by atoms with E-state index in [1.807, 2.05) is 41.5 Å². The van der Waals surface area contributed by atoms with Crippen LogP contribution in [0.4, 0.5) is 5.95 Å². The van der Waals surface area contributed by atoms with E-state index in [-0.39, 0.29) is 23.4 Å². The maximum absolute atomic E-state index is 12.8. The molecule has 3 aromatic rings. The minimum absolute atomic E-state index is 0.0788. The molecule has 4 rings (SSSR count). The highest BCUT2D eigenvalue weighted by Gasteiger charge is 2.28. The lowest BCUT2D eigenvalue weighted by molar-refractivity contribution is -0.125. The third-order valence-electron chi connectivity index (χ3n) is 5.89. The van der Waals surface area contributed by atoms with Crippen molar-refractivity contribution < 1.29 is 9.53 Å². The number of hydrogen-bond acceptors (Lipinski definition) is 6. The summed E-state index contributed by atoms with van der Waals surface area (Å²) in [5, 5.41) is 5.04. The number of hydrogen-bond donors (Lipinski definition) is 2. The number of benzene rings is 1. The highest BCUT2D eigenvalue weighted by Crippen LogP contribution is 2.33. The molecule has 0 spiro atoms. The molecule has 2 unspecified atom stereocenters. The van der Waals surface area contributed by atoms with Gasteiger partial charge in [0.2, 0.25) is 11.9 Å². The zero-order valence-corrected chi connectivity index (χ0v) is 18.9. The number of anilines is 1. The fourth-order valence-electron chi connectivity index (χ4n) is 3.91. The van der Waals surface area contributed by atoms with Crippen LogP contribution in [0.15, 0.2) is 34.4 Å². The summed E-state index contributed by atoms with van der Waals surface area (Å²) in [7, 11) is 1.64. The van der Waals surface area contributed by atoms with Gasteiger partial charge in [-0.15, -0.1) is 11.3 Å². The highest BCUT2D eigenvalue weighted by molar-refractivity contribution is 7.17. The Labute approximate surface area is 185 Å². The van der Waals surface area contributed by atoms with E-state index < -0.39 is 0 Å². The molecule has 0 saturated carbocycles. The summed E-state index contributed by atoms with van der Waals surface area (Å²) >= 11 is 1.39. The van der Waals surface area contributed by atoms with Crippen molar-refractivity contribution in [1.29, 1.82) is 0 Å². The van der Waals surface area contributed by atoms with Crippen molar-refractivity contribution in [1.82, 2.24) is 15.3 Å². The maximum Gasteiger partial charge on any atom is 0.270 e. The van der Waals surface area contributed by atoms with E-state index in [9.17, 15) is 9.59 Å². The van der Waals surface area contributed by atoms with Crippen molar-refractivity contribution >= 4 is 33.4 Å². The molecule has 0 radical (unpaired) electrons. The van der Waals surface area contributed by atoms with Crippen LogP contribution in [0, 0.1) is 5.92 Å². The van der Waals surface area contributed by atoms with E-state index in [4.69, 9.17) is 9.72 Å². The van der Waals surface area contributed by atoms with Crippen LogP contribution in [-0.4, -0.2) is 42.1 Å². The Kier molecular flexibility index (Phi) is 6.27. The molecule has 1 amide bonds. The molecule has 1 aromatic carbocycles. The van der Waals surface area contributed by atoms with E-state index in [1.165, 1.54) is 11.3 Å². The van der Waals surface area contributed by atoms with Gasteiger partial charge < -0.3 is 15.0 Å². The van der Waals surface area contributed by atoms with Gasteiger partial charge >= 0.3 is 0 Å². The second-order valence-electron chi connectivity index (χ2n) is 8.05. The number of piperidine rings is 1. The summed E-state index contributed by atoms with van der Waals surface area (Å²) < 4.78 is 5.95. The number of aromatic amines is 1. The van der Waals surface area contributed by atoms with Gasteiger partial charge in [0, 0.05) is 30.1 Å². The minimum atomic E-state index is -0.148. The number of aromatic nitrogens is 2. The largest absolute Gasteiger partial charge is 0.497 e. The Hall–Kier alpha value is -2.87. The number of H-pyrrole nitrogens is 1. The second kappa shape index (κ2) is 9.09. The first kappa shape index (κ1) is 21.4. The van der Waals surface area contributed by atoms with Gasteiger partial charge in [-0.3, -0.25) is 14.6 Å². The molecule has 1 aliphatic rings. The molecule has 1 aliphatic heterocycles. The smallest absolute Gasteiger partial charge is 0.270 e. The molecular weight excluding hydrogens is 412 g/mol. The van der Waals surface area contributed by atoms with Crippen LogP contribution < -0.4 is 20.5 Å². The number of carbonyl (C=O) groups excluding carboxylic acids is 1. The van der Waals surface area contributed by atoms with Gasteiger partial charge in [0.05, 0.1) is 18.5 Å². The van der Waals surface area contributed by atoms with Gasteiger partial charge in [-0.25, -0.2) is 4.98 Å². The first-order chi connectivity index (χ1) is 15.0. The van der Waals surface area contributed by atoms with Crippen molar-refractivity contribution in [2.75, 3.05) is 25.1 Å². The highest BCUT2D eigenvalue weighted by atomic mass is 32.1. The molecular formula is C23H28N4O3S. The zero-order chi connectivity index (χ0) is 22.0. The van der Waals surface area contributed by atoms with Crippen molar-refractivity contribution in [2.24, 2.45) is 5.92 Å². The number of ether oxygens (including phenoxy) is 1. The van der Waals surface area contributed by atoms with Gasteiger partial charge in [0.15, 0.2) is 0 Å². The summed E-state index contributed by atoms with van der Waals surface area (Å²) in [6.45, 7) is 5.39. The molecule has 31 heavy (non-hydrogen) atoms. The lowest BCUT2D eigenvalue weighted by Crippen LogP contribution is -2.46. The lowest BCUT2D eigenvalue weighted by Gasteiger charge is -2.32. The molecule has 0 bridgehead atoms. The first-order valence-corrected chi connectivity index (χ1v) is 11.6. The van der Waals surface area contributed by atoms with E-state index in [0.717, 1.165) is 42.7 Å². The second-order valence-corrected chi connectivity index (χ2v) is 8.93. The first-order valence-electron chi connectivity index (χ1n) is 10.7. The predicted octanol–water partition coefficient (Wildman–Crippen LogP) is 3.79. The van der Waals surface area contributed by atoms with Crippen molar-refractivity contribution in [3.05, 3.63) is 40.0 Å². The molecule has 1 fully saturated rings. The van der Waals surface area contributed by atoms with Gasteiger partial charge in [-0.05, 0) is 43.9 Å². The average molecular weight is 441 g/mol. The number of fused-ring (bicyclic) bond motifs is 1. The number of carbonyl (C=O) groups is 1. The van der Waals surface area contributed by atoms with Gasteiger partial charge in [-0.2, -0.15) is 0 Å². The predicted molar refractivity (Wildman–Crippen MR) is 125 cm³/mol. The van der Waals surface area contributed by atoms with Crippen LogP contribution in [-0.2, 0) is 4.79 Å². The average Bonchev–Trinajstić information content (AvgIpc) is 3.23. The number of rotatable bonds is 6. The third-order valence-corrected chi connectivity index (χ3v) is 6.86. The molecule has 164 valence electrons. The Balaban J connectivity index is 1.65. The Morgan fingerprint density at radius 2 is 2.29 bits per heavy atom. The Bertz CT molecular complexity index is 1140. The van der Waals surface area contributed by atoms with Crippen molar-refractivity contribution in [3.63, 3.8) is 0 Å². The maximum atomic E-state index is 12.8.